The van der Waals surface area contributed by atoms with Gasteiger partial charge in [0.25, 0.3) is 0 Å². The molecule has 5 nitrogen and oxygen atoms in total. The van der Waals surface area contributed by atoms with E-state index in [1.807, 2.05) is 38.1 Å². The van der Waals surface area contributed by atoms with E-state index in [1.165, 1.54) is 0 Å². The molecule has 0 radical (unpaired) electrons. The van der Waals surface area contributed by atoms with Gasteiger partial charge in [-0.1, -0.05) is 12.1 Å². The van der Waals surface area contributed by atoms with Crippen molar-refractivity contribution in [3.8, 4) is 5.75 Å². The quantitative estimate of drug-likeness (QED) is 0.623. The first-order valence-electron chi connectivity index (χ1n) is 6.63. The van der Waals surface area contributed by atoms with Crippen molar-refractivity contribution in [1.29, 1.82) is 0 Å². The van der Waals surface area contributed by atoms with Gasteiger partial charge in [0.15, 0.2) is 0 Å². The number of nitrogens with two attached hydrogens (primary N) is 1. The summed E-state index contributed by atoms with van der Waals surface area (Å²) in [4.78, 5) is 0. The molecule has 0 aliphatic carbocycles. The zero-order chi connectivity index (χ0) is 13.7. The van der Waals surface area contributed by atoms with Crippen LogP contribution in [0.2, 0.25) is 0 Å². The lowest BCUT2D eigenvalue weighted by Crippen LogP contribution is -2.43. The summed E-state index contributed by atoms with van der Waals surface area (Å²) < 4.78 is 16.8. The molecule has 19 heavy (non-hydrogen) atoms. The molecule has 0 spiro atoms. The van der Waals surface area contributed by atoms with Crippen molar-refractivity contribution < 1.29 is 14.2 Å². The minimum Gasteiger partial charge on any atom is -0.491 e. The highest BCUT2D eigenvalue weighted by Crippen LogP contribution is 2.24. The Morgan fingerprint density at radius 3 is 2.84 bits per heavy atom. The third-order valence-electron chi connectivity index (χ3n) is 2.98. The van der Waals surface area contributed by atoms with Crippen molar-refractivity contribution in [2.45, 2.75) is 32.1 Å². The van der Waals surface area contributed by atoms with E-state index >= 15 is 0 Å². The van der Waals surface area contributed by atoms with Gasteiger partial charge in [-0.15, -0.1) is 0 Å². The smallest absolute Gasteiger partial charge is 0.120 e. The van der Waals surface area contributed by atoms with E-state index in [2.05, 4.69) is 5.43 Å². The predicted molar refractivity (Wildman–Crippen MR) is 72.8 cm³/mol. The van der Waals surface area contributed by atoms with E-state index in [4.69, 9.17) is 20.1 Å². The summed E-state index contributed by atoms with van der Waals surface area (Å²) >= 11 is 0. The average molecular weight is 266 g/mol. The SMILES string of the molecule is CC(C)Oc1cccc(C(NN)C2COCCO2)c1. The van der Waals surface area contributed by atoms with Crippen LogP contribution in [0.15, 0.2) is 24.3 Å². The molecule has 1 aromatic carbocycles. The Morgan fingerprint density at radius 1 is 1.37 bits per heavy atom. The molecule has 1 heterocycles. The van der Waals surface area contributed by atoms with Gasteiger partial charge >= 0.3 is 0 Å². The summed E-state index contributed by atoms with van der Waals surface area (Å²) in [5, 5.41) is 0. The van der Waals surface area contributed by atoms with Crippen LogP contribution in [0.25, 0.3) is 0 Å². The zero-order valence-electron chi connectivity index (χ0n) is 11.5. The highest BCUT2D eigenvalue weighted by atomic mass is 16.6. The summed E-state index contributed by atoms with van der Waals surface area (Å²) in [5.74, 6) is 6.50. The fourth-order valence-electron chi connectivity index (χ4n) is 2.17. The zero-order valence-corrected chi connectivity index (χ0v) is 11.5. The lowest BCUT2D eigenvalue weighted by atomic mass is 10.0. The van der Waals surface area contributed by atoms with Gasteiger partial charge in [-0.2, -0.15) is 0 Å². The van der Waals surface area contributed by atoms with Crippen molar-refractivity contribution in [2.75, 3.05) is 19.8 Å². The Balaban J connectivity index is 2.12. The third-order valence-corrected chi connectivity index (χ3v) is 2.98. The highest BCUT2D eigenvalue weighted by Gasteiger charge is 2.26. The van der Waals surface area contributed by atoms with E-state index in [-0.39, 0.29) is 18.2 Å². The van der Waals surface area contributed by atoms with E-state index < -0.39 is 0 Å². The van der Waals surface area contributed by atoms with Gasteiger partial charge in [-0.25, -0.2) is 0 Å². The molecule has 1 aliphatic heterocycles. The summed E-state index contributed by atoms with van der Waals surface area (Å²) in [7, 11) is 0. The molecule has 1 saturated heterocycles. The van der Waals surface area contributed by atoms with Crippen LogP contribution < -0.4 is 16.0 Å². The molecule has 0 aromatic heterocycles. The van der Waals surface area contributed by atoms with Crippen molar-refractivity contribution >= 4 is 0 Å². The van der Waals surface area contributed by atoms with Crippen LogP contribution in [-0.4, -0.2) is 32.0 Å². The second-order valence-corrected chi connectivity index (χ2v) is 4.87. The molecule has 2 unspecified atom stereocenters. The van der Waals surface area contributed by atoms with Crippen LogP contribution in [0.4, 0.5) is 0 Å². The monoisotopic (exact) mass is 266 g/mol. The van der Waals surface area contributed by atoms with Gasteiger partial charge in [-0.3, -0.25) is 11.3 Å². The van der Waals surface area contributed by atoms with E-state index in [0.717, 1.165) is 11.3 Å². The molecule has 106 valence electrons. The Kier molecular flexibility index (Phi) is 5.15. The van der Waals surface area contributed by atoms with Gasteiger partial charge in [0.05, 0.1) is 32.0 Å². The third kappa shape index (κ3) is 3.91. The summed E-state index contributed by atoms with van der Waals surface area (Å²) in [5.41, 5.74) is 3.85. The van der Waals surface area contributed by atoms with Gasteiger partial charge < -0.3 is 14.2 Å². The van der Waals surface area contributed by atoms with E-state index in [9.17, 15) is 0 Å². The molecule has 1 fully saturated rings. The van der Waals surface area contributed by atoms with E-state index in [1.54, 1.807) is 0 Å². The molecule has 0 saturated carbocycles. The minimum absolute atomic E-state index is 0.0759. The number of rotatable bonds is 5. The van der Waals surface area contributed by atoms with Crippen molar-refractivity contribution in [1.82, 2.24) is 5.43 Å². The van der Waals surface area contributed by atoms with Gasteiger partial charge in [-0.05, 0) is 31.5 Å². The van der Waals surface area contributed by atoms with E-state index in [0.29, 0.717) is 19.8 Å². The topological polar surface area (TPSA) is 65.7 Å². The van der Waals surface area contributed by atoms with Crippen molar-refractivity contribution in [3.63, 3.8) is 0 Å². The molecular weight excluding hydrogens is 244 g/mol. The first-order chi connectivity index (χ1) is 9.20. The van der Waals surface area contributed by atoms with Crippen LogP contribution in [0.3, 0.4) is 0 Å². The largest absolute Gasteiger partial charge is 0.491 e. The van der Waals surface area contributed by atoms with Crippen LogP contribution in [0.1, 0.15) is 25.5 Å². The molecule has 1 aromatic rings. The van der Waals surface area contributed by atoms with Crippen LogP contribution in [0, 0.1) is 0 Å². The van der Waals surface area contributed by atoms with Gasteiger partial charge in [0.2, 0.25) is 0 Å². The lowest BCUT2D eigenvalue weighted by Gasteiger charge is -2.30. The fourth-order valence-corrected chi connectivity index (χ4v) is 2.17. The Bertz CT molecular complexity index is 392. The maximum absolute atomic E-state index is 5.70. The molecule has 1 aliphatic rings. The molecule has 2 rings (SSSR count). The molecule has 2 atom stereocenters. The van der Waals surface area contributed by atoms with Gasteiger partial charge in [0.1, 0.15) is 11.9 Å². The average Bonchev–Trinajstić information content (AvgIpc) is 2.40. The second-order valence-electron chi connectivity index (χ2n) is 4.87. The molecule has 0 amide bonds. The number of ether oxygens (including phenoxy) is 3. The Labute approximate surface area is 114 Å². The molecular formula is C14H22N2O3. The van der Waals surface area contributed by atoms with Crippen LogP contribution >= 0.6 is 0 Å². The normalized spacial score (nSPS) is 21.4. The maximum atomic E-state index is 5.70. The predicted octanol–water partition coefficient (Wildman–Crippen LogP) is 1.39. The molecule has 5 heteroatoms. The summed E-state index contributed by atoms with van der Waals surface area (Å²) in [6.07, 6.45) is 0.0712. The first kappa shape index (κ1) is 14.3. The highest BCUT2D eigenvalue weighted by molar-refractivity contribution is 5.31. The van der Waals surface area contributed by atoms with Crippen molar-refractivity contribution in [3.05, 3.63) is 29.8 Å². The Hall–Kier alpha value is -1.14. The lowest BCUT2D eigenvalue weighted by molar-refractivity contribution is -0.102. The van der Waals surface area contributed by atoms with Gasteiger partial charge in [0, 0.05) is 0 Å². The van der Waals surface area contributed by atoms with Crippen molar-refractivity contribution in [2.24, 2.45) is 5.84 Å². The number of benzene rings is 1. The van der Waals surface area contributed by atoms with Crippen LogP contribution in [0.5, 0.6) is 5.75 Å². The first-order valence-corrected chi connectivity index (χ1v) is 6.63. The minimum atomic E-state index is -0.101. The second kappa shape index (κ2) is 6.86. The standard InChI is InChI=1S/C14H22N2O3/c1-10(2)19-12-5-3-4-11(8-12)14(16-15)13-9-17-6-7-18-13/h3-5,8,10,13-14,16H,6-7,9,15H2,1-2H3. The number of hydrogen-bond donors (Lipinski definition) is 2. The summed E-state index contributed by atoms with van der Waals surface area (Å²) in [6.45, 7) is 5.80. The van der Waals surface area contributed by atoms with Crippen LogP contribution in [-0.2, 0) is 9.47 Å². The Morgan fingerprint density at radius 2 is 2.21 bits per heavy atom. The number of hydrogen-bond acceptors (Lipinski definition) is 5. The fraction of sp³-hybridized carbons (Fsp3) is 0.571. The maximum Gasteiger partial charge on any atom is 0.120 e. The number of nitrogens with one attached hydrogen (secondary N) is 1. The molecule has 3 N–H and O–H groups in total. The number of hydrazine groups is 1. The molecule has 0 bridgehead atoms. The summed E-state index contributed by atoms with van der Waals surface area (Å²) in [6, 6.07) is 7.80.